The van der Waals surface area contributed by atoms with E-state index in [-0.39, 0.29) is 5.97 Å². The number of rotatable bonds is 5. The molecule has 0 aliphatic heterocycles. The lowest BCUT2D eigenvalue weighted by Crippen LogP contribution is -2.17. The number of hydrogen-bond donors (Lipinski definition) is 1. The van der Waals surface area contributed by atoms with Gasteiger partial charge in [0.25, 0.3) is 0 Å². The molecule has 0 aliphatic rings. The highest BCUT2D eigenvalue weighted by Crippen LogP contribution is 2.20. The molecule has 3 nitrogen and oxygen atoms in total. The number of esters is 1. The summed E-state index contributed by atoms with van der Waals surface area (Å²) in [7, 11) is 1.41. The van der Waals surface area contributed by atoms with Gasteiger partial charge in [0.2, 0.25) is 0 Å². The number of carbonyl (C=O) groups is 1. The molecule has 0 radical (unpaired) electrons. The van der Waals surface area contributed by atoms with E-state index in [1.165, 1.54) is 22.4 Å². The molecule has 0 bridgehead atoms. The van der Waals surface area contributed by atoms with Crippen molar-refractivity contribution in [2.75, 3.05) is 13.7 Å². The predicted molar refractivity (Wildman–Crippen MR) is 62.1 cm³/mol. The van der Waals surface area contributed by atoms with E-state index in [1.54, 1.807) is 11.3 Å². The average molecular weight is 227 g/mol. The molecule has 15 heavy (non-hydrogen) atoms. The first kappa shape index (κ1) is 12.2. The van der Waals surface area contributed by atoms with Crippen LogP contribution < -0.4 is 5.32 Å². The summed E-state index contributed by atoms with van der Waals surface area (Å²) in [6.45, 7) is 5.74. The molecular weight excluding hydrogens is 210 g/mol. The predicted octanol–water partition coefficient (Wildman–Crippen LogP) is 2.02. The maximum Gasteiger partial charge on any atom is 0.306 e. The highest BCUT2D eigenvalue weighted by atomic mass is 32.1. The Balaban J connectivity index is 2.23. The molecule has 0 amide bonds. The molecule has 0 unspecified atom stereocenters. The summed E-state index contributed by atoms with van der Waals surface area (Å²) >= 11 is 1.80. The van der Waals surface area contributed by atoms with Crippen LogP contribution in [0.15, 0.2) is 6.07 Å². The second-order valence-electron chi connectivity index (χ2n) is 3.45. The Bertz CT molecular complexity index is 314. The third-order valence-corrected chi connectivity index (χ3v) is 3.40. The van der Waals surface area contributed by atoms with Crippen molar-refractivity contribution in [2.24, 2.45) is 0 Å². The molecule has 0 saturated heterocycles. The second-order valence-corrected chi connectivity index (χ2v) is 4.80. The van der Waals surface area contributed by atoms with Gasteiger partial charge in [0.1, 0.15) is 0 Å². The van der Waals surface area contributed by atoms with Gasteiger partial charge in [-0.05, 0) is 25.5 Å². The van der Waals surface area contributed by atoms with Crippen molar-refractivity contribution in [3.05, 3.63) is 21.4 Å². The van der Waals surface area contributed by atoms with E-state index in [0.29, 0.717) is 13.0 Å². The molecule has 0 atom stereocenters. The van der Waals surface area contributed by atoms with E-state index >= 15 is 0 Å². The van der Waals surface area contributed by atoms with E-state index in [1.807, 2.05) is 0 Å². The van der Waals surface area contributed by atoms with Gasteiger partial charge in [0.15, 0.2) is 0 Å². The van der Waals surface area contributed by atoms with Crippen LogP contribution in [0.5, 0.6) is 0 Å². The van der Waals surface area contributed by atoms with E-state index in [0.717, 1.165) is 6.54 Å². The van der Waals surface area contributed by atoms with Crippen LogP contribution in [0.1, 0.15) is 21.7 Å². The topological polar surface area (TPSA) is 38.3 Å². The Morgan fingerprint density at radius 2 is 2.27 bits per heavy atom. The van der Waals surface area contributed by atoms with E-state index in [2.05, 4.69) is 30.0 Å². The van der Waals surface area contributed by atoms with Crippen molar-refractivity contribution < 1.29 is 9.53 Å². The van der Waals surface area contributed by atoms with Crippen molar-refractivity contribution >= 4 is 17.3 Å². The fourth-order valence-corrected chi connectivity index (χ4v) is 2.26. The van der Waals surface area contributed by atoms with Crippen LogP contribution >= 0.6 is 11.3 Å². The minimum Gasteiger partial charge on any atom is -0.469 e. The molecular formula is C11H17NO2S. The van der Waals surface area contributed by atoms with Crippen molar-refractivity contribution in [1.29, 1.82) is 0 Å². The van der Waals surface area contributed by atoms with Gasteiger partial charge in [-0.3, -0.25) is 4.79 Å². The van der Waals surface area contributed by atoms with Gasteiger partial charge in [0.05, 0.1) is 13.5 Å². The maximum atomic E-state index is 10.8. The summed E-state index contributed by atoms with van der Waals surface area (Å²) < 4.78 is 4.55. The Hall–Kier alpha value is -0.870. The van der Waals surface area contributed by atoms with Crippen LogP contribution in [0.2, 0.25) is 0 Å². The lowest BCUT2D eigenvalue weighted by molar-refractivity contribution is -0.140. The van der Waals surface area contributed by atoms with E-state index in [4.69, 9.17) is 0 Å². The molecule has 0 aliphatic carbocycles. The number of nitrogens with one attached hydrogen (secondary N) is 1. The van der Waals surface area contributed by atoms with Crippen LogP contribution in [-0.2, 0) is 16.1 Å². The first-order chi connectivity index (χ1) is 7.13. The minimum atomic E-state index is -0.166. The summed E-state index contributed by atoms with van der Waals surface area (Å²) in [5.74, 6) is -0.166. The summed E-state index contributed by atoms with van der Waals surface area (Å²) in [6, 6.07) is 2.19. The van der Waals surface area contributed by atoms with Gasteiger partial charge >= 0.3 is 5.97 Å². The number of carbonyl (C=O) groups excluding carboxylic acids is 1. The third-order valence-electron chi connectivity index (χ3n) is 2.25. The van der Waals surface area contributed by atoms with Crippen LogP contribution in [0.3, 0.4) is 0 Å². The first-order valence-corrected chi connectivity index (χ1v) is 5.78. The van der Waals surface area contributed by atoms with E-state index < -0.39 is 0 Å². The Morgan fingerprint density at radius 1 is 1.53 bits per heavy atom. The van der Waals surface area contributed by atoms with Crippen LogP contribution in [0.25, 0.3) is 0 Å². The van der Waals surface area contributed by atoms with Gasteiger partial charge in [0, 0.05) is 22.8 Å². The number of methoxy groups -OCH3 is 1. The second kappa shape index (κ2) is 5.88. The van der Waals surface area contributed by atoms with Gasteiger partial charge < -0.3 is 10.1 Å². The van der Waals surface area contributed by atoms with Crippen molar-refractivity contribution in [3.63, 3.8) is 0 Å². The fraction of sp³-hybridized carbons (Fsp3) is 0.545. The van der Waals surface area contributed by atoms with Gasteiger partial charge in [-0.2, -0.15) is 0 Å². The van der Waals surface area contributed by atoms with Crippen LogP contribution in [0, 0.1) is 13.8 Å². The molecule has 84 valence electrons. The van der Waals surface area contributed by atoms with Gasteiger partial charge in [-0.15, -0.1) is 11.3 Å². The standard InChI is InChI=1S/C11H17NO2S/c1-8-6-10(15-9(8)2)7-12-5-4-11(13)14-3/h6,12H,4-5,7H2,1-3H3. The zero-order valence-electron chi connectivity index (χ0n) is 9.42. The first-order valence-electron chi connectivity index (χ1n) is 4.97. The highest BCUT2D eigenvalue weighted by molar-refractivity contribution is 7.12. The molecule has 1 heterocycles. The lowest BCUT2D eigenvalue weighted by Gasteiger charge is -2.01. The minimum absolute atomic E-state index is 0.166. The molecule has 1 aromatic rings. The molecule has 0 spiro atoms. The number of thiophene rings is 1. The fourth-order valence-electron chi connectivity index (χ4n) is 1.24. The highest BCUT2D eigenvalue weighted by Gasteiger charge is 2.02. The smallest absolute Gasteiger partial charge is 0.306 e. The Kier molecular flexibility index (Phi) is 4.78. The van der Waals surface area contributed by atoms with E-state index in [9.17, 15) is 4.79 Å². The normalized spacial score (nSPS) is 10.3. The van der Waals surface area contributed by atoms with Crippen molar-refractivity contribution in [2.45, 2.75) is 26.8 Å². The summed E-state index contributed by atoms with van der Waals surface area (Å²) in [5, 5.41) is 3.22. The number of hydrogen-bond acceptors (Lipinski definition) is 4. The Labute approximate surface area is 94.5 Å². The largest absolute Gasteiger partial charge is 0.469 e. The monoisotopic (exact) mass is 227 g/mol. The summed E-state index contributed by atoms with van der Waals surface area (Å²) in [6.07, 6.45) is 0.430. The SMILES string of the molecule is COC(=O)CCNCc1cc(C)c(C)s1. The molecule has 1 rings (SSSR count). The number of ether oxygens (including phenoxy) is 1. The summed E-state index contributed by atoms with van der Waals surface area (Å²) in [5.41, 5.74) is 1.34. The number of aryl methyl sites for hydroxylation is 2. The van der Waals surface area contributed by atoms with Gasteiger partial charge in [-0.1, -0.05) is 0 Å². The zero-order valence-corrected chi connectivity index (χ0v) is 10.2. The molecule has 1 N–H and O–H groups in total. The lowest BCUT2D eigenvalue weighted by atomic mass is 10.3. The van der Waals surface area contributed by atoms with Gasteiger partial charge in [-0.25, -0.2) is 0 Å². The van der Waals surface area contributed by atoms with Crippen molar-refractivity contribution in [3.8, 4) is 0 Å². The quantitative estimate of drug-likeness (QED) is 0.618. The molecule has 4 heteroatoms. The van der Waals surface area contributed by atoms with Crippen LogP contribution in [0.4, 0.5) is 0 Å². The van der Waals surface area contributed by atoms with Crippen molar-refractivity contribution in [1.82, 2.24) is 5.32 Å². The molecule has 0 fully saturated rings. The molecule has 1 aromatic heterocycles. The zero-order chi connectivity index (χ0) is 11.3. The maximum absolute atomic E-state index is 10.8. The summed E-state index contributed by atoms with van der Waals surface area (Å²) in [4.78, 5) is 13.5. The molecule has 0 aromatic carbocycles. The molecule has 0 saturated carbocycles. The Morgan fingerprint density at radius 3 is 2.80 bits per heavy atom. The third kappa shape index (κ3) is 4.01. The van der Waals surface area contributed by atoms with Crippen LogP contribution in [-0.4, -0.2) is 19.6 Å². The average Bonchev–Trinajstić information content (AvgIpc) is 2.53.